The molecule has 0 fully saturated rings. The fourth-order valence-electron chi connectivity index (χ4n) is 0.915. The molecule has 0 aliphatic heterocycles. The van der Waals surface area contributed by atoms with Crippen molar-refractivity contribution in [2.24, 2.45) is 0 Å². The first kappa shape index (κ1) is 11.6. The molecule has 0 saturated heterocycles. The number of benzene rings is 1. The zero-order valence-electron chi connectivity index (χ0n) is 7.37. The SMILES string of the molecule is O=[As]c1ccc(NC(=O)CCBr)cc1. The number of hydrogen-bond donors (Lipinski definition) is 1. The summed E-state index contributed by atoms with van der Waals surface area (Å²) in [5.41, 5.74) is 0.745. The summed E-state index contributed by atoms with van der Waals surface area (Å²) in [7, 11) is 0. The van der Waals surface area contributed by atoms with Crippen molar-refractivity contribution >= 4 is 47.6 Å². The average Bonchev–Trinajstić information content (AvgIpc) is 2.19. The third-order valence-electron chi connectivity index (χ3n) is 1.58. The van der Waals surface area contributed by atoms with Crippen molar-refractivity contribution in [1.29, 1.82) is 0 Å². The van der Waals surface area contributed by atoms with Gasteiger partial charge >= 0.3 is 97.4 Å². The molecule has 3 nitrogen and oxygen atoms in total. The van der Waals surface area contributed by atoms with E-state index in [0.29, 0.717) is 11.8 Å². The van der Waals surface area contributed by atoms with Crippen LogP contribution in [0.4, 0.5) is 5.69 Å². The molecule has 1 aromatic rings. The standard InChI is InChI=1S/C9H9AsBrNO2/c11-6-5-9(13)12-8-3-1-7(10-14)2-4-8/h1-4H,5-6H2,(H,12,13). The van der Waals surface area contributed by atoms with E-state index in [-0.39, 0.29) is 5.91 Å². The van der Waals surface area contributed by atoms with E-state index in [2.05, 4.69) is 21.2 Å². The summed E-state index contributed by atoms with van der Waals surface area (Å²) in [6.07, 6.45) is 0.454. The van der Waals surface area contributed by atoms with Crippen LogP contribution in [0.25, 0.3) is 0 Å². The summed E-state index contributed by atoms with van der Waals surface area (Å²) in [5.74, 6) is -0.0231. The average molecular weight is 318 g/mol. The van der Waals surface area contributed by atoms with Gasteiger partial charge in [-0.1, -0.05) is 0 Å². The number of hydrogen-bond acceptors (Lipinski definition) is 2. The zero-order chi connectivity index (χ0) is 10.4. The molecule has 0 unspecified atom stereocenters. The Hall–Kier alpha value is -0.472. The van der Waals surface area contributed by atoms with E-state index in [0.717, 1.165) is 10.0 Å². The second-order valence-electron chi connectivity index (χ2n) is 2.63. The van der Waals surface area contributed by atoms with Crippen molar-refractivity contribution in [2.75, 3.05) is 10.6 Å². The number of carbonyl (C=O) groups excluding carboxylic acids is 1. The van der Waals surface area contributed by atoms with Crippen LogP contribution in [0.1, 0.15) is 6.42 Å². The summed E-state index contributed by atoms with van der Waals surface area (Å²) in [6.45, 7) is 0. The van der Waals surface area contributed by atoms with Gasteiger partial charge in [0.25, 0.3) is 0 Å². The second-order valence-corrected chi connectivity index (χ2v) is 4.88. The zero-order valence-corrected chi connectivity index (χ0v) is 10.8. The van der Waals surface area contributed by atoms with Gasteiger partial charge in [-0.25, -0.2) is 0 Å². The van der Waals surface area contributed by atoms with Gasteiger partial charge in [-0.05, 0) is 0 Å². The molecule has 1 aromatic carbocycles. The summed E-state index contributed by atoms with van der Waals surface area (Å²) < 4.78 is 11.4. The number of halogens is 1. The molecular formula is C9H9AsBrNO2. The maximum absolute atomic E-state index is 11.2. The van der Waals surface area contributed by atoms with Crippen LogP contribution in [0.3, 0.4) is 0 Å². The van der Waals surface area contributed by atoms with Gasteiger partial charge in [0.05, 0.1) is 0 Å². The van der Waals surface area contributed by atoms with E-state index in [1.807, 2.05) is 0 Å². The van der Waals surface area contributed by atoms with E-state index in [1.165, 1.54) is 0 Å². The minimum atomic E-state index is -0.972. The number of nitrogens with one attached hydrogen (secondary N) is 1. The van der Waals surface area contributed by atoms with E-state index >= 15 is 0 Å². The first-order chi connectivity index (χ1) is 6.76. The third-order valence-corrected chi connectivity index (χ3v) is 3.04. The molecule has 0 radical (unpaired) electrons. The van der Waals surface area contributed by atoms with Gasteiger partial charge in [0.2, 0.25) is 0 Å². The molecule has 0 aliphatic rings. The Bertz CT molecular complexity index is 326. The van der Waals surface area contributed by atoms with Crippen LogP contribution in [0, 0.1) is 0 Å². The van der Waals surface area contributed by atoms with Crippen molar-refractivity contribution in [3.63, 3.8) is 0 Å². The molecule has 1 amide bonds. The van der Waals surface area contributed by atoms with Crippen LogP contribution in [0.2, 0.25) is 0 Å². The summed E-state index contributed by atoms with van der Waals surface area (Å²) in [6, 6.07) is 7.04. The Morgan fingerprint density at radius 1 is 1.36 bits per heavy atom. The van der Waals surface area contributed by atoms with Crippen LogP contribution in [0.15, 0.2) is 24.3 Å². The van der Waals surface area contributed by atoms with Gasteiger partial charge in [0.15, 0.2) is 0 Å². The second kappa shape index (κ2) is 6.10. The third kappa shape index (κ3) is 3.72. The van der Waals surface area contributed by atoms with E-state index < -0.39 is 15.7 Å². The molecule has 14 heavy (non-hydrogen) atoms. The van der Waals surface area contributed by atoms with Crippen molar-refractivity contribution < 1.29 is 8.53 Å². The molecule has 1 N–H and O–H groups in total. The fourth-order valence-corrected chi connectivity index (χ4v) is 1.84. The molecule has 1 rings (SSSR count). The number of alkyl halides is 1. The molecule has 0 spiro atoms. The van der Waals surface area contributed by atoms with Crippen molar-refractivity contribution in [1.82, 2.24) is 0 Å². The molecular weight excluding hydrogens is 309 g/mol. The van der Waals surface area contributed by atoms with Crippen LogP contribution in [0.5, 0.6) is 0 Å². The van der Waals surface area contributed by atoms with E-state index in [9.17, 15) is 8.53 Å². The van der Waals surface area contributed by atoms with Crippen molar-refractivity contribution in [3.05, 3.63) is 24.3 Å². The molecule has 5 heteroatoms. The summed E-state index contributed by atoms with van der Waals surface area (Å²) >= 11 is 2.22. The van der Waals surface area contributed by atoms with Gasteiger partial charge in [-0.2, -0.15) is 0 Å². The summed E-state index contributed by atoms with van der Waals surface area (Å²) in [5, 5.41) is 3.39. The van der Waals surface area contributed by atoms with Crippen LogP contribution >= 0.6 is 15.9 Å². The van der Waals surface area contributed by atoms with Crippen molar-refractivity contribution in [3.8, 4) is 0 Å². The quantitative estimate of drug-likeness (QED) is 0.667. The molecule has 0 bridgehead atoms. The Morgan fingerprint density at radius 3 is 2.50 bits per heavy atom. The van der Waals surface area contributed by atoms with Gasteiger partial charge in [-0.15, -0.1) is 0 Å². The van der Waals surface area contributed by atoms with Gasteiger partial charge in [0, 0.05) is 0 Å². The molecule has 0 saturated carbocycles. The fraction of sp³-hybridized carbons (Fsp3) is 0.222. The topological polar surface area (TPSA) is 46.2 Å². The van der Waals surface area contributed by atoms with E-state index in [4.69, 9.17) is 0 Å². The predicted molar refractivity (Wildman–Crippen MR) is 59.6 cm³/mol. The Balaban J connectivity index is 2.59. The van der Waals surface area contributed by atoms with Gasteiger partial charge < -0.3 is 0 Å². The van der Waals surface area contributed by atoms with Crippen LogP contribution < -0.4 is 9.67 Å². The first-order valence-corrected chi connectivity index (χ1v) is 6.88. The normalized spacial score (nSPS) is 10.1. The van der Waals surface area contributed by atoms with Crippen molar-refractivity contribution in [2.45, 2.75) is 6.42 Å². The number of anilines is 1. The number of amides is 1. The van der Waals surface area contributed by atoms with Gasteiger partial charge in [0.1, 0.15) is 0 Å². The molecule has 0 aliphatic carbocycles. The van der Waals surface area contributed by atoms with E-state index in [1.54, 1.807) is 24.3 Å². The molecule has 0 atom stereocenters. The molecule has 74 valence electrons. The monoisotopic (exact) mass is 317 g/mol. The van der Waals surface area contributed by atoms with Crippen LogP contribution in [-0.2, 0) is 8.53 Å². The maximum atomic E-state index is 11.2. The Kier molecular flexibility index (Phi) is 5.05. The Labute approximate surface area is 97.3 Å². The number of carbonyl (C=O) groups is 1. The minimum absolute atomic E-state index is 0.0231. The number of rotatable bonds is 4. The summed E-state index contributed by atoms with van der Waals surface area (Å²) in [4.78, 5) is 11.2. The molecule has 0 heterocycles. The van der Waals surface area contributed by atoms with Crippen LogP contribution in [-0.4, -0.2) is 26.9 Å². The molecule has 0 aromatic heterocycles. The van der Waals surface area contributed by atoms with Gasteiger partial charge in [-0.3, -0.25) is 0 Å². The first-order valence-electron chi connectivity index (χ1n) is 4.05. The predicted octanol–water partition coefficient (Wildman–Crippen LogP) is 1.09. The Morgan fingerprint density at radius 2 is 2.00 bits per heavy atom.